The Morgan fingerprint density at radius 1 is 0.929 bits per heavy atom. The number of aliphatic hydroxyl groups excluding tert-OH is 2. The molecule has 0 fully saturated rings. The van der Waals surface area contributed by atoms with Crippen LogP contribution in [-0.4, -0.2) is 65.7 Å². The largest absolute Gasteiger partial charge is 0.472 e. The van der Waals surface area contributed by atoms with E-state index in [0.29, 0.717) is 12.8 Å². The van der Waals surface area contributed by atoms with Crippen LogP contribution < -0.4 is 0 Å². The van der Waals surface area contributed by atoms with Gasteiger partial charge in [0, 0.05) is 12.8 Å². The standard InChI is InChI=1S/C17H33O10P/c1-3-5-7-9-17(21)27-15(12-24-16(20)8-6-4-2)13-26-28(22,23)25-11-14(19)10-18/h14-15,18-19H,3-13H2,1-2H3,(H,22,23)/t14-,15+/m0/s1. The third-order valence-corrected chi connectivity index (χ3v) is 4.46. The third kappa shape index (κ3) is 15.0. The molecule has 0 spiro atoms. The van der Waals surface area contributed by atoms with Crippen molar-refractivity contribution in [3.8, 4) is 0 Å². The Bertz CT molecular complexity index is 485. The molecule has 0 bridgehead atoms. The second kappa shape index (κ2) is 15.8. The maximum Gasteiger partial charge on any atom is 0.472 e. The second-order valence-corrected chi connectivity index (χ2v) is 7.71. The number of esters is 2. The molecule has 166 valence electrons. The van der Waals surface area contributed by atoms with Crippen molar-refractivity contribution in [1.29, 1.82) is 0 Å². The lowest BCUT2D eigenvalue weighted by Gasteiger charge is -2.20. The monoisotopic (exact) mass is 428 g/mol. The van der Waals surface area contributed by atoms with E-state index >= 15 is 0 Å². The van der Waals surface area contributed by atoms with Crippen LogP contribution in [-0.2, 0) is 32.7 Å². The lowest BCUT2D eigenvalue weighted by Crippen LogP contribution is -2.29. The number of phosphoric acid groups is 1. The highest BCUT2D eigenvalue weighted by Gasteiger charge is 2.27. The van der Waals surface area contributed by atoms with Crippen LogP contribution in [0.2, 0.25) is 0 Å². The first-order chi connectivity index (χ1) is 13.2. The molecular formula is C17H33O10P. The smallest absolute Gasteiger partial charge is 0.462 e. The summed E-state index contributed by atoms with van der Waals surface area (Å²) in [6.45, 7) is 1.80. The molecule has 0 saturated carbocycles. The van der Waals surface area contributed by atoms with Crippen molar-refractivity contribution >= 4 is 19.8 Å². The van der Waals surface area contributed by atoms with E-state index in [4.69, 9.17) is 24.2 Å². The van der Waals surface area contributed by atoms with Crippen molar-refractivity contribution in [2.75, 3.05) is 26.4 Å². The number of phosphoric ester groups is 1. The van der Waals surface area contributed by atoms with Gasteiger partial charge in [0.25, 0.3) is 0 Å². The fraction of sp³-hybridized carbons (Fsp3) is 0.882. The number of carbonyl (C=O) groups excluding carboxylic acids is 2. The molecule has 1 unspecified atom stereocenters. The average molecular weight is 428 g/mol. The number of carbonyl (C=O) groups is 2. The van der Waals surface area contributed by atoms with Crippen molar-refractivity contribution in [1.82, 2.24) is 0 Å². The first-order valence-electron chi connectivity index (χ1n) is 9.49. The van der Waals surface area contributed by atoms with Crippen LogP contribution in [0.15, 0.2) is 0 Å². The van der Waals surface area contributed by atoms with E-state index in [2.05, 4.69) is 4.52 Å². The van der Waals surface area contributed by atoms with Crippen molar-refractivity contribution in [2.24, 2.45) is 0 Å². The topological polar surface area (TPSA) is 149 Å². The minimum absolute atomic E-state index is 0.171. The summed E-state index contributed by atoms with van der Waals surface area (Å²) in [5.41, 5.74) is 0. The van der Waals surface area contributed by atoms with E-state index in [0.717, 1.165) is 19.3 Å². The van der Waals surface area contributed by atoms with E-state index in [1.165, 1.54) is 0 Å². The number of unbranched alkanes of at least 4 members (excludes halogenated alkanes) is 3. The molecule has 0 saturated heterocycles. The van der Waals surface area contributed by atoms with Crippen molar-refractivity contribution < 1.29 is 47.8 Å². The number of hydrogen-bond donors (Lipinski definition) is 3. The van der Waals surface area contributed by atoms with Crippen LogP contribution in [0.3, 0.4) is 0 Å². The van der Waals surface area contributed by atoms with Crippen LogP contribution in [0.5, 0.6) is 0 Å². The van der Waals surface area contributed by atoms with Gasteiger partial charge in [-0.2, -0.15) is 0 Å². The summed E-state index contributed by atoms with van der Waals surface area (Å²) in [5, 5.41) is 17.8. The first-order valence-corrected chi connectivity index (χ1v) is 11.0. The van der Waals surface area contributed by atoms with Gasteiger partial charge in [0.05, 0.1) is 19.8 Å². The summed E-state index contributed by atoms with van der Waals surface area (Å²) in [6, 6.07) is 0. The predicted octanol–water partition coefficient (Wildman–Crippen LogP) is 1.70. The van der Waals surface area contributed by atoms with Crippen LogP contribution in [0.25, 0.3) is 0 Å². The number of aliphatic hydroxyl groups is 2. The molecule has 0 aliphatic heterocycles. The summed E-state index contributed by atoms with van der Waals surface area (Å²) in [7, 11) is -4.55. The SMILES string of the molecule is CCCCCC(=O)O[C@H](COC(=O)CCCC)COP(=O)(O)OC[C@@H](O)CO. The van der Waals surface area contributed by atoms with Crippen molar-refractivity contribution in [2.45, 2.75) is 71.0 Å². The molecule has 0 aliphatic rings. The summed E-state index contributed by atoms with van der Waals surface area (Å²) >= 11 is 0. The van der Waals surface area contributed by atoms with Gasteiger partial charge < -0.3 is 24.6 Å². The summed E-state index contributed by atoms with van der Waals surface area (Å²) in [5.74, 6) is -1.00. The van der Waals surface area contributed by atoms with Gasteiger partial charge in [-0.1, -0.05) is 33.1 Å². The molecule has 0 aromatic rings. The molecule has 0 heterocycles. The molecule has 3 atom stereocenters. The Morgan fingerprint density at radius 3 is 2.14 bits per heavy atom. The fourth-order valence-electron chi connectivity index (χ4n) is 1.91. The van der Waals surface area contributed by atoms with Gasteiger partial charge in [0.1, 0.15) is 12.7 Å². The average Bonchev–Trinajstić information content (AvgIpc) is 2.66. The van der Waals surface area contributed by atoms with E-state index in [1.54, 1.807) is 0 Å². The Morgan fingerprint density at radius 2 is 1.54 bits per heavy atom. The Balaban J connectivity index is 4.62. The Labute approximate surface area is 165 Å². The lowest BCUT2D eigenvalue weighted by atomic mass is 10.2. The number of ether oxygens (including phenoxy) is 2. The van der Waals surface area contributed by atoms with E-state index in [1.807, 2.05) is 13.8 Å². The molecular weight excluding hydrogens is 395 g/mol. The van der Waals surface area contributed by atoms with Crippen LogP contribution >= 0.6 is 7.82 Å². The van der Waals surface area contributed by atoms with Gasteiger partial charge in [-0.3, -0.25) is 18.6 Å². The molecule has 0 aromatic heterocycles. The quantitative estimate of drug-likeness (QED) is 0.177. The van der Waals surface area contributed by atoms with E-state index in [9.17, 15) is 19.0 Å². The molecule has 0 aliphatic carbocycles. The summed E-state index contributed by atoms with van der Waals surface area (Å²) in [6.07, 6.45) is 1.87. The van der Waals surface area contributed by atoms with Gasteiger partial charge in [0.2, 0.25) is 0 Å². The minimum Gasteiger partial charge on any atom is -0.462 e. The van der Waals surface area contributed by atoms with Gasteiger partial charge >= 0.3 is 19.8 Å². The molecule has 0 radical (unpaired) electrons. The van der Waals surface area contributed by atoms with E-state index in [-0.39, 0.29) is 19.4 Å². The highest BCUT2D eigenvalue weighted by Crippen LogP contribution is 2.43. The predicted molar refractivity (Wildman–Crippen MR) is 99.3 cm³/mol. The third-order valence-electron chi connectivity index (χ3n) is 3.51. The molecule has 11 heteroatoms. The van der Waals surface area contributed by atoms with Crippen molar-refractivity contribution in [3.05, 3.63) is 0 Å². The maximum atomic E-state index is 11.9. The molecule has 28 heavy (non-hydrogen) atoms. The second-order valence-electron chi connectivity index (χ2n) is 6.25. The number of rotatable bonds is 17. The molecule has 0 amide bonds. The zero-order valence-corrected chi connectivity index (χ0v) is 17.5. The lowest BCUT2D eigenvalue weighted by molar-refractivity contribution is -0.161. The fourth-order valence-corrected chi connectivity index (χ4v) is 2.70. The van der Waals surface area contributed by atoms with Crippen LogP contribution in [0.4, 0.5) is 0 Å². The molecule has 3 N–H and O–H groups in total. The van der Waals surface area contributed by atoms with Crippen LogP contribution in [0, 0.1) is 0 Å². The Hall–Kier alpha value is -1.03. The normalized spacial score (nSPS) is 15.5. The Kier molecular flexibility index (Phi) is 15.3. The highest BCUT2D eigenvalue weighted by molar-refractivity contribution is 7.47. The summed E-state index contributed by atoms with van der Waals surface area (Å²) in [4.78, 5) is 33.1. The van der Waals surface area contributed by atoms with Crippen LogP contribution in [0.1, 0.15) is 58.8 Å². The maximum absolute atomic E-state index is 11.9. The van der Waals surface area contributed by atoms with Gasteiger partial charge in [-0.25, -0.2) is 4.57 Å². The zero-order chi connectivity index (χ0) is 21.4. The minimum atomic E-state index is -4.55. The van der Waals surface area contributed by atoms with E-state index < -0.39 is 51.8 Å². The van der Waals surface area contributed by atoms with Gasteiger partial charge in [-0.05, 0) is 12.8 Å². The molecule has 10 nitrogen and oxygen atoms in total. The first kappa shape index (κ1) is 27.0. The highest BCUT2D eigenvalue weighted by atomic mass is 31.2. The van der Waals surface area contributed by atoms with Crippen molar-refractivity contribution in [3.63, 3.8) is 0 Å². The van der Waals surface area contributed by atoms with Gasteiger partial charge in [0.15, 0.2) is 6.10 Å². The van der Waals surface area contributed by atoms with Gasteiger partial charge in [-0.15, -0.1) is 0 Å². The molecule has 0 aromatic carbocycles. The summed E-state index contributed by atoms with van der Waals surface area (Å²) < 4.78 is 31.3. The zero-order valence-electron chi connectivity index (χ0n) is 16.6. The number of hydrogen-bond acceptors (Lipinski definition) is 9. The molecule has 0 rings (SSSR count).